The van der Waals surface area contributed by atoms with Crippen LogP contribution in [-0.4, -0.2) is 17.5 Å². The van der Waals surface area contributed by atoms with E-state index < -0.39 is 0 Å². The minimum absolute atomic E-state index is 0.0957. The van der Waals surface area contributed by atoms with Crippen LogP contribution >= 0.6 is 11.8 Å². The molecule has 100 valence electrons. The molecule has 1 atom stereocenters. The lowest BCUT2D eigenvalue weighted by molar-refractivity contribution is -0.0471. The van der Waals surface area contributed by atoms with Crippen molar-refractivity contribution in [2.45, 2.75) is 50.7 Å². The molecule has 0 aliphatic heterocycles. The van der Waals surface area contributed by atoms with Crippen LogP contribution in [-0.2, 0) is 4.74 Å². The fourth-order valence-electron chi connectivity index (χ4n) is 1.66. The first-order valence-corrected chi connectivity index (χ1v) is 7.37. The van der Waals surface area contributed by atoms with Crippen molar-refractivity contribution in [3.05, 3.63) is 42.5 Å². The summed E-state index contributed by atoms with van der Waals surface area (Å²) < 4.78 is 6.03. The van der Waals surface area contributed by atoms with Gasteiger partial charge in [0.2, 0.25) is 0 Å². The zero-order valence-corrected chi connectivity index (χ0v) is 12.7. The molecule has 0 heterocycles. The van der Waals surface area contributed by atoms with Crippen molar-refractivity contribution in [2.24, 2.45) is 0 Å². The largest absolute Gasteiger partial charge is 0.371 e. The second kappa shape index (κ2) is 7.01. The second-order valence-electron chi connectivity index (χ2n) is 5.50. The molecule has 0 radical (unpaired) electrons. The van der Waals surface area contributed by atoms with Gasteiger partial charge in [-0.3, -0.25) is 0 Å². The molecule has 1 nitrogen and oxygen atoms in total. The highest BCUT2D eigenvalue weighted by Crippen LogP contribution is 2.23. The molecule has 0 N–H and O–H groups in total. The van der Waals surface area contributed by atoms with E-state index in [1.54, 1.807) is 0 Å². The fourth-order valence-corrected chi connectivity index (χ4v) is 2.57. The van der Waals surface area contributed by atoms with Crippen LogP contribution in [0.2, 0.25) is 0 Å². The first kappa shape index (κ1) is 15.3. The number of hydrogen-bond donors (Lipinski definition) is 0. The SMILES string of the molecule is C=CCC(CSc1ccc(C)cc1)OC(C)(C)C. The van der Waals surface area contributed by atoms with Gasteiger partial charge in [0.15, 0.2) is 0 Å². The summed E-state index contributed by atoms with van der Waals surface area (Å²) in [5.74, 6) is 0.965. The molecule has 1 rings (SSSR count). The average molecular weight is 264 g/mol. The Morgan fingerprint density at radius 1 is 1.28 bits per heavy atom. The molecule has 1 aromatic rings. The molecule has 0 fully saturated rings. The number of hydrogen-bond acceptors (Lipinski definition) is 2. The minimum atomic E-state index is -0.0957. The van der Waals surface area contributed by atoms with E-state index in [4.69, 9.17) is 4.74 Å². The lowest BCUT2D eigenvalue weighted by Crippen LogP contribution is -2.28. The molecule has 1 aromatic carbocycles. The highest BCUT2D eigenvalue weighted by atomic mass is 32.2. The smallest absolute Gasteiger partial charge is 0.0710 e. The lowest BCUT2D eigenvalue weighted by Gasteiger charge is -2.26. The van der Waals surface area contributed by atoms with Gasteiger partial charge in [0, 0.05) is 10.6 Å². The van der Waals surface area contributed by atoms with Crippen molar-refractivity contribution in [3.8, 4) is 0 Å². The lowest BCUT2D eigenvalue weighted by atomic mass is 10.1. The van der Waals surface area contributed by atoms with Crippen LogP contribution < -0.4 is 0 Å². The molecule has 0 spiro atoms. The van der Waals surface area contributed by atoms with E-state index in [2.05, 4.69) is 58.5 Å². The molecule has 0 aliphatic rings. The maximum Gasteiger partial charge on any atom is 0.0710 e. The van der Waals surface area contributed by atoms with Crippen molar-refractivity contribution in [1.29, 1.82) is 0 Å². The Hall–Kier alpha value is -0.730. The van der Waals surface area contributed by atoms with Crippen molar-refractivity contribution in [1.82, 2.24) is 0 Å². The van der Waals surface area contributed by atoms with E-state index >= 15 is 0 Å². The topological polar surface area (TPSA) is 9.23 Å². The van der Waals surface area contributed by atoms with Gasteiger partial charge < -0.3 is 4.74 Å². The van der Waals surface area contributed by atoms with Gasteiger partial charge in [0.05, 0.1) is 11.7 Å². The number of benzene rings is 1. The summed E-state index contributed by atoms with van der Waals surface area (Å²) in [5, 5.41) is 0. The van der Waals surface area contributed by atoms with Crippen LogP contribution in [0, 0.1) is 6.92 Å². The molecular formula is C16H24OS. The van der Waals surface area contributed by atoms with Crippen LogP contribution in [0.5, 0.6) is 0 Å². The van der Waals surface area contributed by atoms with E-state index in [0.29, 0.717) is 0 Å². The Morgan fingerprint density at radius 2 is 1.89 bits per heavy atom. The van der Waals surface area contributed by atoms with Gasteiger partial charge in [-0.25, -0.2) is 0 Å². The minimum Gasteiger partial charge on any atom is -0.371 e. The first-order chi connectivity index (χ1) is 8.40. The predicted octanol–water partition coefficient (Wildman–Crippen LogP) is 4.85. The highest BCUT2D eigenvalue weighted by molar-refractivity contribution is 7.99. The maximum absolute atomic E-state index is 6.03. The van der Waals surface area contributed by atoms with Crippen LogP contribution in [0.25, 0.3) is 0 Å². The van der Waals surface area contributed by atoms with Gasteiger partial charge in [-0.1, -0.05) is 23.8 Å². The number of rotatable bonds is 6. The van der Waals surface area contributed by atoms with E-state index in [0.717, 1.165) is 12.2 Å². The van der Waals surface area contributed by atoms with Gasteiger partial charge >= 0.3 is 0 Å². The summed E-state index contributed by atoms with van der Waals surface area (Å²) in [4.78, 5) is 1.30. The summed E-state index contributed by atoms with van der Waals surface area (Å²) >= 11 is 1.85. The summed E-state index contributed by atoms with van der Waals surface area (Å²) in [6, 6.07) is 8.63. The van der Waals surface area contributed by atoms with Crippen LogP contribution in [0.1, 0.15) is 32.8 Å². The van der Waals surface area contributed by atoms with Gasteiger partial charge in [-0.15, -0.1) is 18.3 Å². The second-order valence-corrected chi connectivity index (χ2v) is 6.59. The van der Waals surface area contributed by atoms with Crippen molar-refractivity contribution in [3.63, 3.8) is 0 Å². The quantitative estimate of drug-likeness (QED) is 0.537. The van der Waals surface area contributed by atoms with Crippen molar-refractivity contribution >= 4 is 11.8 Å². The van der Waals surface area contributed by atoms with Crippen LogP contribution in [0.4, 0.5) is 0 Å². The number of aryl methyl sites for hydroxylation is 1. The van der Waals surface area contributed by atoms with E-state index in [9.17, 15) is 0 Å². The third kappa shape index (κ3) is 6.27. The van der Waals surface area contributed by atoms with Gasteiger partial charge in [-0.2, -0.15) is 0 Å². The fraction of sp³-hybridized carbons (Fsp3) is 0.500. The number of ether oxygens (including phenoxy) is 1. The molecule has 2 heteroatoms. The van der Waals surface area contributed by atoms with Crippen LogP contribution in [0.15, 0.2) is 41.8 Å². The molecule has 0 aliphatic carbocycles. The Morgan fingerprint density at radius 3 is 2.39 bits per heavy atom. The van der Waals surface area contributed by atoms with Crippen molar-refractivity contribution < 1.29 is 4.74 Å². The Kier molecular flexibility index (Phi) is 5.97. The molecular weight excluding hydrogens is 240 g/mol. The first-order valence-electron chi connectivity index (χ1n) is 6.39. The Balaban J connectivity index is 2.51. The molecule has 18 heavy (non-hydrogen) atoms. The predicted molar refractivity (Wildman–Crippen MR) is 81.3 cm³/mol. The monoisotopic (exact) mass is 264 g/mol. The Labute approximate surface area is 116 Å². The maximum atomic E-state index is 6.03. The molecule has 0 amide bonds. The third-order valence-corrected chi connectivity index (χ3v) is 3.55. The van der Waals surface area contributed by atoms with Crippen molar-refractivity contribution in [2.75, 3.05) is 5.75 Å². The summed E-state index contributed by atoms with van der Waals surface area (Å²) in [6.45, 7) is 12.2. The van der Waals surface area contributed by atoms with Gasteiger partial charge in [0.25, 0.3) is 0 Å². The third-order valence-electron chi connectivity index (χ3n) is 2.41. The standard InChI is InChI=1S/C16H24OS/c1-6-7-14(17-16(3,4)5)12-18-15-10-8-13(2)9-11-15/h6,8-11,14H,1,7,12H2,2-5H3. The molecule has 0 saturated carbocycles. The Bertz CT molecular complexity index is 362. The van der Waals surface area contributed by atoms with E-state index in [1.807, 2.05) is 17.8 Å². The molecule has 0 saturated heterocycles. The summed E-state index contributed by atoms with van der Waals surface area (Å²) in [5.41, 5.74) is 1.20. The van der Waals surface area contributed by atoms with Gasteiger partial charge in [0.1, 0.15) is 0 Å². The van der Waals surface area contributed by atoms with Crippen LogP contribution in [0.3, 0.4) is 0 Å². The zero-order valence-electron chi connectivity index (χ0n) is 11.9. The van der Waals surface area contributed by atoms with E-state index in [-0.39, 0.29) is 11.7 Å². The summed E-state index contributed by atoms with van der Waals surface area (Å²) in [6.07, 6.45) is 3.07. The number of thioether (sulfide) groups is 1. The average Bonchev–Trinajstić information content (AvgIpc) is 2.26. The molecule has 0 bridgehead atoms. The highest BCUT2D eigenvalue weighted by Gasteiger charge is 2.17. The van der Waals surface area contributed by atoms with E-state index in [1.165, 1.54) is 10.5 Å². The zero-order chi connectivity index (χ0) is 13.6. The van der Waals surface area contributed by atoms with Gasteiger partial charge in [-0.05, 0) is 46.2 Å². The molecule has 0 aromatic heterocycles. The normalized spacial score (nSPS) is 13.3. The summed E-state index contributed by atoms with van der Waals surface area (Å²) in [7, 11) is 0. The molecule has 1 unspecified atom stereocenters.